The molecule has 0 atom stereocenters. The standard InChI is InChI=1S/C20H18ClF3N4O5/c1-12-9-18(20(22,23)24)26-27(12)8-2-7-25-19(29)16-6-4-14(33-16)11-32-17-10-13(28(30)31)3-5-15(17)21/h3-6,9-10H,2,7-8,11H2,1H3,(H,25,29). The van der Waals surface area contributed by atoms with E-state index in [4.69, 9.17) is 20.8 Å². The highest BCUT2D eigenvalue weighted by molar-refractivity contribution is 6.32. The summed E-state index contributed by atoms with van der Waals surface area (Å²) in [5.41, 5.74) is -0.775. The van der Waals surface area contributed by atoms with Crippen molar-refractivity contribution in [1.82, 2.24) is 15.1 Å². The van der Waals surface area contributed by atoms with E-state index in [2.05, 4.69) is 10.4 Å². The topological polar surface area (TPSA) is 112 Å². The van der Waals surface area contributed by atoms with Gasteiger partial charge in [0.05, 0.1) is 16.0 Å². The summed E-state index contributed by atoms with van der Waals surface area (Å²) >= 11 is 5.97. The van der Waals surface area contributed by atoms with E-state index in [1.807, 2.05) is 0 Å². The van der Waals surface area contributed by atoms with Crippen LogP contribution in [0.15, 0.2) is 40.8 Å². The van der Waals surface area contributed by atoms with Gasteiger partial charge in [-0.15, -0.1) is 0 Å². The number of aromatic nitrogens is 2. The first kappa shape index (κ1) is 24.1. The van der Waals surface area contributed by atoms with Gasteiger partial charge >= 0.3 is 6.18 Å². The summed E-state index contributed by atoms with van der Waals surface area (Å²) in [5.74, 6) is -0.124. The minimum Gasteiger partial charge on any atom is -0.484 e. The molecule has 3 rings (SSSR count). The minimum atomic E-state index is -4.51. The van der Waals surface area contributed by atoms with Gasteiger partial charge in [0, 0.05) is 24.8 Å². The molecule has 0 saturated heterocycles. The molecule has 13 heteroatoms. The zero-order valence-electron chi connectivity index (χ0n) is 17.2. The number of alkyl halides is 3. The normalized spacial score (nSPS) is 11.4. The van der Waals surface area contributed by atoms with E-state index in [1.54, 1.807) is 0 Å². The quantitative estimate of drug-likeness (QED) is 0.265. The molecular formula is C20H18ClF3N4O5. The third-order valence-electron chi connectivity index (χ3n) is 4.48. The van der Waals surface area contributed by atoms with Crippen LogP contribution in [0, 0.1) is 17.0 Å². The second kappa shape index (κ2) is 9.94. The number of ether oxygens (including phenoxy) is 1. The van der Waals surface area contributed by atoms with Gasteiger partial charge in [-0.25, -0.2) is 0 Å². The number of nitro benzene ring substituents is 1. The smallest absolute Gasteiger partial charge is 0.435 e. The number of aryl methyl sites for hydroxylation is 2. The molecule has 0 saturated carbocycles. The Balaban J connectivity index is 1.48. The number of nitro groups is 1. The number of benzene rings is 1. The van der Waals surface area contributed by atoms with Crippen LogP contribution in [0.3, 0.4) is 0 Å². The molecule has 2 heterocycles. The van der Waals surface area contributed by atoms with Crippen molar-refractivity contribution in [2.45, 2.75) is 32.7 Å². The number of non-ortho nitro benzene ring substituents is 1. The highest BCUT2D eigenvalue weighted by Crippen LogP contribution is 2.30. The zero-order valence-corrected chi connectivity index (χ0v) is 17.9. The van der Waals surface area contributed by atoms with Crippen molar-refractivity contribution in [2.24, 2.45) is 0 Å². The lowest BCUT2D eigenvalue weighted by molar-refractivity contribution is -0.384. The van der Waals surface area contributed by atoms with E-state index < -0.39 is 22.7 Å². The number of hydrogen-bond donors (Lipinski definition) is 1. The molecular weight excluding hydrogens is 469 g/mol. The van der Waals surface area contributed by atoms with Crippen LogP contribution < -0.4 is 10.1 Å². The fourth-order valence-electron chi connectivity index (χ4n) is 2.84. The van der Waals surface area contributed by atoms with Crippen molar-refractivity contribution in [1.29, 1.82) is 0 Å². The van der Waals surface area contributed by atoms with E-state index in [0.717, 1.165) is 6.07 Å². The van der Waals surface area contributed by atoms with Crippen LogP contribution in [-0.4, -0.2) is 27.2 Å². The third kappa shape index (κ3) is 6.25. The molecule has 0 spiro atoms. The van der Waals surface area contributed by atoms with Crippen molar-refractivity contribution in [3.63, 3.8) is 0 Å². The highest BCUT2D eigenvalue weighted by atomic mass is 35.5. The van der Waals surface area contributed by atoms with Crippen molar-refractivity contribution in [3.8, 4) is 5.75 Å². The van der Waals surface area contributed by atoms with E-state index in [9.17, 15) is 28.1 Å². The molecule has 0 aliphatic heterocycles. The van der Waals surface area contributed by atoms with Crippen molar-refractivity contribution in [2.75, 3.05) is 6.54 Å². The Morgan fingerprint density at radius 2 is 2.06 bits per heavy atom. The van der Waals surface area contributed by atoms with Gasteiger partial charge in [-0.05, 0) is 37.6 Å². The number of carbonyl (C=O) groups excluding carboxylic acids is 1. The first-order valence-corrected chi connectivity index (χ1v) is 9.97. The molecule has 0 unspecified atom stereocenters. The number of nitrogens with one attached hydrogen (secondary N) is 1. The zero-order chi connectivity index (χ0) is 24.2. The Morgan fingerprint density at radius 1 is 1.30 bits per heavy atom. The summed E-state index contributed by atoms with van der Waals surface area (Å²) in [6.07, 6.45) is -4.15. The second-order valence-corrected chi connectivity index (χ2v) is 7.33. The molecule has 2 aromatic heterocycles. The average molecular weight is 487 g/mol. The minimum absolute atomic E-state index is 0.00775. The van der Waals surface area contributed by atoms with Gasteiger partial charge < -0.3 is 14.5 Å². The molecule has 176 valence electrons. The molecule has 1 aromatic carbocycles. The summed E-state index contributed by atoms with van der Waals surface area (Å²) in [7, 11) is 0. The van der Waals surface area contributed by atoms with E-state index in [-0.39, 0.29) is 47.7 Å². The molecule has 3 aromatic rings. The average Bonchev–Trinajstić information content (AvgIpc) is 3.37. The number of carbonyl (C=O) groups is 1. The SMILES string of the molecule is Cc1cc(C(F)(F)F)nn1CCCNC(=O)c1ccc(COc2cc([N+](=O)[O-])ccc2Cl)o1. The Labute approximate surface area is 190 Å². The Morgan fingerprint density at radius 3 is 2.73 bits per heavy atom. The van der Waals surface area contributed by atoms with Crippen LogP contribution in [0.25, 0.3) is 0 Å². The summed E-state index contributed by atoms with van der Waals surface area (Å²) < 4.78 is 50.2. The van der Waals surface area contributed by atoms with Crippen LogP contribution >= 0.6 is 11.6 Å². The first-order chi connectivity index (χ1) is 15.5. The summed E-state index contributed by atoms with van der Waals surface area (Å²) in [6.45, 7) is 1.79. The highest BCUT2D eigenvalue weighted by Gasteiger charge is 2.34. The fraction of sp³-hybridized carbons (Fsp3) is 0.300. The lowest BCUT2D eigenvalue weighted by Gasteiger charge is -2.07. The maximum atomic E-state index is 12.7. The lowest BCUT2D eigenvalue weighted by atomic mass is 10.3. The van der Waals surface area contributed by atoms with Gasteiger partial charge in [0.2, 0.25) is 0 Å². The molecule has 1 N–H and O–H groups in total. The number of hydrogen-bond acceptors (Lipinski definition) is 6. The number of nitrogens with zero attached hydrogens (tertiary/aromatic N) is 3. The van der Waals surface area contributed by atoms with Crippen molar-refractivity contribution in [3.05, 3.63) is 74.4 Å². The van der Waals surface area contributed by atoms with Gasteiger partial charge in [-0.3, -0.25) is 19.6 Å². The molecule has 0 radical (unpaired) electrons. The third-order valence-corrected chi connectivity index (χ3v) is 4.80. The fourth-order valence-corrected chi connectivity index (χ4v) is 3.01. The Hall–Kier alpha value is -3.54. The van der Waals surface area contributed by atoms with Gasteiger partial charge in [0.25, 0.3) is 11.6 Å². The number of rotatable bonds is 9. The summed E-state index contributed by atoms with van der Waals surface area (Å²) in [6, 6.07) is 7.66. The Bertz CT molecular complexity index is 1160. The van der Waals surface area contributed by atoms with Crippen molar-refractivity contribution < 1.29 is 32.0 Å². The lowest BCUT2D eigenvalue weighted by Crippen LogP contribution is -2.25. The van der Waals surface area contributed by atoms with Gasteiger partial charge in [-0.1, -0.05) is 11.6 Å². The van der Waals surface area contributed by atoms with Crippen LogP contribution in [0.2, 0.25) is 5.02 Å². The Kier molecular flexibility index (Phi) is 7.26. The molecule has 33 heavy (non-hydrogen) atoms. The molecule has 0 fully saturated rings. The van der Waals surface area contributed by atoms with Crippen LogP contribution in [0.1, 0.15) is 34.1 Å². The molecule has 0 aliphatic rings. The van der Waals surface area contributed by atoms with E-state index >= 15 is 0 Å². The van der Waals surface area contributed by atoms with Crippen LogP contribution in [0.5, 0.6) is 5.75 Å². The van der Waals surface area contributed by atoms with E-state index in [0.29, 0.717) is 12.1 Å². The monoisotopic (exact) mass is 486 g/mol. The second-order valence-electron chi connectivity index (χ2n) is 6.93. The predicted octanol–water partition coefficient (Wildman–Crippen LogP) is 4.76. The largest absolute Gasteiger partial charge is 0.484 e. The molecule has 9 nitrogen and oxygen atoms in total. The summed E-state index contributed by atoms with van der Waals surface area (Å²) in [5, 5.41) is 17.2. The first-order valence-electron chi connectivity index (χ1n) is 9.60. The van der Waals surface area contributed by atoms with Crippen LogP contribution in [-0.2, 0) is 19.3 Å². The number of halogens is 4. The predicted molar refractivity (Wildman–Crippen MR) is 110 cm³/mol. The molecule has 1 amide bonds. The maximum Gasteiger partial charge on any atom is 0.435 e. The molecule has 0 aliphatic carbocycles. The van der Waals surface area contributed by atoms with Gasteiger partial charge in [0.1, 0.15) is 18.1 Å². The van der Waals surface area contributed by atoms with Crippen LogP contribution in [0.4, 0.5) is 18.9 Å². The van der Waals surface area contributed by atoms with E-state index in [1.165, 1.54) is 41.9 Å². The number of furan rings is 1. The maximum absolute atomic E-state index is 12.7. The number of amides is 1. The van der Waals surface area contributed by atoms with Crippen molar-refractivity contribution >= 4 is 23.2 Å². The molecule has 0 bridgehead atoms. The van der Waals surface area contributed by atoms with Gasteiger partial charge in [-0.2, -0.15) is 18.3 Å². The van der Waals surface area contributed by atoms with Gasteiger partial charge in [0.15, 0.2) is 11.5 Å². The summed E-state index contributed by atoms with van der Waals surface area (Å²) in [4.78, 5) is 22.5.